The molecule has 0 bridgehead atoms. The van der Waals surface area contributed by atoms with Crippen molar-refractivity contribution in [2.75, 3.05) is 0 Å². The van der Waals surface area contributed by atoms with E-state index >= 15 is 0 Å². The van der Waals surface area contributed by atoms with Gasteiger partial charge in [0.05, 0.1) is 6.61 Å². The Hall–Kier alpha value is -1.39. The van der Waals surface area contributed by atoms with Crippen LogP contribution in [0.25, 0.3) is 0 Å². The highest BCUT2D eigenvalue weighted by atomic mass is 16.4. The Labute approximate surface area is 107 Å². The van der Waals surface area contributed by atoms with Crippen LogP contribution in [-0.2, 0) is 16.9 Å². The highest BCUT2D eigenvalue weighted by Gasteiger charge is 2.35. The summed E-state index contributed by atoms with van der Waals surface area (Å²) in [6.45, 7) is 2.01. The topological polar surface area (TPSA) is 83.6 Å². The Morgan fingerprint density at radius 3 is 2.33 bits per heavy atom. The number of aliphatic hydroxyl groups is 1. The first kappa shape index (κ1) is 14.7. The first-order valence-electron chi connectivity index (χ1n) is 6.27. The van der Waals surface area contributed by atoms with E-state index in [9.17, 15) is 9.90 Å². The Morgan fingerprint density at radius 2 is 1.89 bits per heavy atom. The molecule has 4 heteroatoms. The van der Waals surface area contributed by atoms with Crippen LogP contribution >= 0.6 is 0 Å². The first-order valence-corrected chi connectivity index (χ1v) is 6.27. The lowest BCUT2D eigenvalue weighted by Crippen LogP contribution is -2.44. The molecule has 0 spiro atoms. The molecule has 0 saturated heterocycles. The van der Waals surface area contributed by atoms with Gasteiger partial charge in [-0.1, -0.05) is 50.5 Å². The SMILES string of the molecule is CCCCCC(N)(C(=O)O)c1ccc(CO)cc1. The summed E-state index contributed by atoms with van der Waals surface area (Å²) in [5.41, 5.74) is 6.04. The van der Waals surface area contributed by atoms with Gasteiger partial charge in [-0.25, -0.2) is 4.79 Å². The van der Waals surface area contributed by atoms with Crippen molar-refractivity contribution in [1.29, 1.82) is 0 Å². The number of rotatable bonds is 7. The summed E-state index contributed by atoms with van der Waals surface area (Å²) < 4.78 is 0. The summed E-state index contributed by atoms with van der Waals surface area (Å²) in [6, 6.07) is 6.79. The van der Waals surface area contributed by atoms with Crippen molar-refractivity contribution in [2.24, 2.45) is 5.73 Å². The number of carboxylic acid groups (broad SMARTS) is 1. The van der Waals surface area contributed by atoms with Gasteiger partial charge in [-0.15, -0.1) is 0 Å². The van der Waals surface area contributed by atoms with Gasteiger partial charge in [-0.3, -0.25) is 0 Å². The Morgan fingerprint density at radius 1 is 1.28 bits per heavy atom. The molecule has 0 aromatic heterocycles. The Kier molecular flexibility index (Phi) is 5.31. The van der Waals surface area contributed by atoms with Crippen molar-refractivity contribution >= 4 is 5.97 Å². The zero-order chi connectivity index (χ0) is 13.6. The van der Waals surface area contributed by atoms with Crippen LogP contribution in [0.3, 0.4) is 0 Å². The van der Waals surface area contributed by atoms with Crippen molar-refractivity contribution in [2.45, 2.75) is 44.8 Å². The van der Waals surface area contributed by atoms with Crippen LogP contribution in [-0.4, -0.2) is 16.2 Å². The van der Waals surface area contributed by atoms with Crippen LogP contribution in [0.4, 0.5) is 0 Å². The van der Waals surface area contributed by atoms with Gasteiger partial charge in [-0.05, 0) is 17.5 Å². The van der Waals surface area contributed by atoms with E-state index in [4.69, 9.17) is 10.8 Å². The molecule has 0 amide bonds. The number of hydrogen-bond donors (Lipinski definition) is 3. The molecular formula is C14H21NO3. The lowest BCUT2D eigenvalue weighted by Gasteiger charge is -2.25. The number of aliphatic hydroxyl groups excluding tert-OH is 1. The molecule has 0 saturated carbocycles. The van der Waals surface area contributed by atoms with Crippen molar-refractivity contribution in [3.63, 3.8) is 0 Å². The third-order valence-electron chi connectivity index (χ3n) is 3.21. The summed E-state index contributed by atoms with van der Waals surface area (Å²) in [5.74, 6) is -1.00. The van der Waals surface area contributed by atoms with Crippen LogP contribution in [0.1, 0.15) is 43.7 Å². The van der Waals surface area contributed by atoms with Crippen LogP contribution in [0.15, 0.2) is 24.3 Å². The minimum atomic E-state index is -1.33. The van der Waals surface area contributed by atoms with E-state index in [-0.39, 0.29) is 6.61 Å². The highest BCUT2D eigenvalue weighted by molar-refractivity contribution is 5.80. The molecule has 1 atom stereocenters. The van der Waals surface area contributed by atoms with E-state index in [1.165, 1.54) is 0 Å². The number of unbranched alkanes of at least 4 members (excludes halogenated alkanes) is 2. The molecule has 4 nitrogen and oxygen atoms in total. The Balaban J connectivity index is 2.91. The van der Waals surface area contributed by atoms with Gasteiger partial charge in [-0.2, -0.15) is 0 Å². The van der Waals surface area contributed by atoms with Crippen molar-refractivity contribution in [1.82, 2.24) is 0 Å². The number of benzene rings is 1. The van der Waals surface area contributed by atoms with E-state index in [1.54, 1.807) is 24.3 Å². The molecule has 0 aliphatic rings. The largest absolute Gasteiger partial charge is 0.480 e. The van der Waals surface area contributed by atoms with E-state index < -0.39 is 11.5 Å². The number of nitrogens with two attached hydrogens (primary N) is 1. The van der Waals surface area contributed by atoms with E-state index in [0.717, 1.165) is 24.8 Å². The minimum Gasteiger partial charge on any atom is -0.480 e. The number of carboxylic acids is 1. The molecule has 18 heavy (non-hydrogen) atoms. The summed E-state index contributed by atoms with van der Waals surface area (Å²) in [5, 5.41) is 18.3. The van der Waals surface area contributed by atoms with Crippen molar-refractivity contribution in [3.05, 3.63) is 35.4 Å². The predicted octanol–water partition coefficient (Wildman–Crippen LogP) is 2.00. The molecule has 100 valence electrons. The number of aliphatic carboxylic acids is 1. The van der Waals surface area contributed by atoms with Gasteiger partial charge < -0.3 is 15.9 Å². The van der Waals surface area contributed by atoms with E-state index in [0.29, 0.717) is 12.0 Å². The molecule has 0 heterocycles. The lowest BCUT2D eigenvalue weighted by atomic mass is 9.85. The second kappa shape index (κ2) is 6.52. The van der Waals surface area contributed by atoms with E-state index in [1.807, 2.05) is 0 Å². The number of hydrogen-bond acceptors (Lipinski definition) is 3. The molecule has 1 aromatic carbocycles. The zero-order valence-electron chi connectivity index (χ0n) is 10.7. The van der Waals surface area contributed by atoms with Gasteiger partial charge in [0.25, 0.3) is 0 Å². The van der Waals surface area contributed by atoms with Crippen LogP contribution in [0, 0.1) is 0 Å². The molecule has 4 N–H and O–H groups in total. The molecule has 1 unspecified atom stereocenters. The standard InChI is InChI=1S/C14H21NO3/c1-2-3-4-9-14(15,13(17)18)12-7-5-11(10-16)6-8-12/h5-8,16H,2-4,9-10,15H2,1H3,(H,17,18). The highest BCUT2D eigenvalue weighted by Crippen LogP contribution is 2.25. The quantitative estimate of drug-likeness (QED) is 0.647. The fraction of sp³-hybridized carbons (Fsp3) is 0.500. The lowest BCUT2D eigenvalue weighted by molar-refractivity contribution is -0.144. The predicted molar refractivity (Wildman–Crippen MR) is 70.0 cm³/mol. The van der Waals surface area contributed by atoms with E-state index in [2.05, 4.69) is 6.92 Å². The maximum atomic E-state index is 11.4. The average Bonchev–Trinajstić information content (AvgIpc) is 2.38. The van der Waals surface area contributed by atoms with Crippen molar-refractivity contribution < 1.29 is 15.0 Å². The minimum absolute atomic E-state index is 0.0548. The third-order valence-corrected chi connectivity index (χ3v) is 3.21. The molecule has 0 radical (unpaired) electrons. The molecular weight excluding hydrogens is 230 g/mol. The fourth-order valence-corrected chi connectivity index (χ4v) is 1.94. The summed E-state index contributed by atoms with van der Waals surface area (Å²) >= 11 is 0. The molecule has 0 aliphatic carbocycles. The molecule has 1 rings (SSSR count). The average molecular weight is 251 g/mol. The van der Waals surface area contributed by atoms with Gasteiger partial charge in [0.2, 0.25) is 0 Å². The first-order chi connectivity index (χ1) is 8.54. The van der Waals surface area contributed by atoms with Gasteiger partial charge in [0.15, 0.2) is 0 Å². The second-order valence-corrected chi connectivity index (χ2v) is 4.59. The maximum absolute atomic E-state index is 11.4. The smallest absolute Gasteiger partial charge is 0.328 e. The molecule has 0 fully saturated rings. The van der Waals surface area contributed by atoms with Gasteiger partial charge >= 0.3 is 5.97 Å². The summed E-state index contributed by atoms with van der Waals surface area (Å²) in [7, 11) is 0. The monoisotopic (exact) mass is 251 g/mol. The second-order valence-electron chi connectivity index (χ2n) is 4.59. The normalized spacial score (nSPS) is 14.2. The van der Waals surface area contributed by atoms with Gasteiger partial charge in [0.1, 0.15) is 5.54 Å². The molecule has 1 aromatic rings. The van der Waals surface area contributed by atoms with Crippen LogP contribution < -0.4 is 5.73 Å². The summed E-state index contributed by atoms with van der Waals surface area (Å²) in [4.78, 5) is 11.4. The zero-order valence-corrected chi connectivity index (χ0v) is 10.7. The molecule has 0 aliphatic heterocycles. The fourth-order valence-electron chi connectivity index (χ4n) is 1.94. The number of carbonyl (C=O) groups is 1. The van der Waals surface area contributed by atoms with Crippen LogP contribution in [0.5, 0.6) is 0 Å². The maximum Gasteiger partial charge on any atom is 0.328 e. The Bertz CT molecular complexity index is 389. The van der Waals surface area contributed by atoms with Crippen LogP contribution in [0.2, 0.25) is 0 Å². The third kappa shape index (κ3) is 3.31. The van der Waals surface area contributed by atoms with Gasteiger partial charge in [0, 0.05) is 0 Å². The summed E-state index contributed by atoms with van der Waals surface area (Å²) in [6.07, 6.45) is 3.22. The van der Waals surface area contributed by atoms with Crippen molar-refractivity contribution in [3.8, 4) is 0 Å².